The highest BCUT2D eigenvalue weighted by atomic mass is 32.1. The fourth-order valence-electron chi connectivity index (χ4n) is 1.20. The number of carbonyl (C=O) groups is 2. The normalized spacial score (nSPS) is 9.95. The molecule has 106 valence electrons. The van der Waals surface area contributed by atoms with Crippen LogP contribution >= 0.6 is 22.7 Å². The molecule has 5 heteroatoms. The second-order valence-corrected chi connectivity index (χ2v) is 6.05. The third kappa shape index (κ3) is 5.95. The van der Waals surface area contributed by atoms with Gasteiger partial charge < -0.3 is 4.90 Å². The molecule has 0 saturated carbocycles. The second kappa shape index (κ2) is 8.45. The zero-order valence-electron chi connectivity index (χ0n) is 11.7. The smallest absolute Gasteiger partial charge is 0.197 e. The van der Waals surface area contributed by atoms with Gasteiger partial charge in [-0.2, -0.15) is 0 Å². The molecule has 0 bridgehead atoms. The third-order valence-electron chi connectivity index (χ3n) is 2.16. The lowest BCUT2D eigenvalue weighted by atomic mass is 10.3. The maximum atomic E-state index is 11.3. The first-order valence-electron chi connectivity index (χ1n) is 5.97. The van der Waals surface area contributed by atoms with Crippen molar-refractivity contribution < 1.29 is 9.59 Å². The van der Waals surface area contributed by atoms with Gasteiger partial charge in [0.15, 0.2) is 11.6 Å². The summed E-state index contributed by atoms with van der Waals surface area (Å²) in [4.78, 5) is 25.3. The summed E-state index contributed by atoms with van der Waals surface area (Å²) in [5.74, 6) is 0.221. The highest BCUT2D eigenvalue weighted by Crippen LogP contribution is 2.09. The molecule has 0 spiro atoms. The lowest BCUT2D eigenvalue weighted by molar-refractivity contribution is 0.101. The van der Waals surface area contributed by atoms with Crippen LogP contribution in [-0.4, -0.2) is 30.6 Å². The molecule has 2 aromatic heterocycles. The van der Waals surface area contributed by atoms with E-state index in [1.807, 2.05) is 54.0 Å². The second-order valence-electron chi connectivity index (χ2n) is 4.15. The van der Waals surface area contributed by atoms with Crippen LogP contribution in [-0.2, 0) is 0 Å². The summed E-state index contributed by atoms with van der Waals surface area (Å²) >= 11 is 2.94. The molecule has 0 N–H and O–H groups in total. The molecule has 2 heterocycles. The zero-order chi connectivity index (χ0) is 15.0. The first-order valence-corrected chi connectivity index (χ1v) is 7.73. The van der Waals surface area contributed by atoms with Crippen molar-refractivity contribution >= 4 is 34.2 Å². The molecule has 0 aliphatic rings. The topological polar surface area (TPSA) is 37.4 Å². The maximum Gasteiger partial charge on any atom is 0.197 e. The van der Waals surface area contributed by atoms with Gasteiger partial charge in [0.2, 0.25) is 0 Å². The van der Waals surface area contributed by atoms with E-state index in [4.69, 9.17) is 0 Å². The summed E-state index contributed by atoms with van der Waals surface area (Å²) in [5.41, 5.74) is 0. The highest BCUT2D eigenvalue weighted by Gasteiger charge is 2.00. The molecule has 0 atom stereocenters. The minimum Gasteiger partial charge on any atom is -0.383 e. The Labute approximate surface area is 127 Å². The van der Waals surface area contributed by atoms with Gasteiger partial charge >= 0.3 is 0 Å². The largest absolute Gasteiger partial charge is 0.383 e. The van der Waals surface area contributed by atoms with Gasteiger partial charge in [-0.15, -0.1) is 22.7 Å². The molecular formula is C15H17NO2S2. The molecule has 0 unspecified atom stereocenters. The predicted molar refractivity (Wildman–Crippen MR) is 85.8 cm³/mol. The van der Waals surface area contributed by atoms with Gasteiger partial charge in [0.05, 0.1) is 9.75 Å². The molecular weight excluding hydrogens is 290 g/mol. The summed E-state index contributed by atoms with van der Waals surface area (Å²) in [6, 6.07) is 7.41. The molecule has 0 fully saturated rings. The number of hydrogen-bond acceptors (Lipinski definition) is 5. The number of ketones is 2. The van der Waals surface area contributed by atoms with Crippen molar-refractivity contribution in [2.24, 2.45) is 0 Å². The van der Waals surface area contributed by atoms with Crippen LogP contribution in [0.25, 0.3) is 0 Å². The van der Waals surface area contributed by atoms with E-state index < -0.39 is 0 Å². The molecule has 0 amide bonds. The van der Waals surface area contributed by atoms with Gasteiger partial charge in [-0.25, -0.2) is 0 Å². The number of allylic oxidation sites excluding steroid dienone is 1. The number of thiophene rings is 2. The number of nitrogens with zero attached hydrogens (tertiary/aromatic N) is 1. The minimum atomic E-state index is 0.0682. The summed E-state index contributed by atoms with van der Waals surface area (Å²) in [6.07, 6.45) is 3.33. The van der Waals surface area contributed by atoms with Crippen molar-refractivity contribution in [3.05, 3.63) is 57.1 Å². The van der Waals surface area contributed by atoms with Crippen LogP contribution in [0.5, 0.6) is 0 Å². The molecule has 0 radical (unpaired) electrons. The third-order valence-corrected chi connectivity index (χ3v) is 4.01. The van der Waals surface area contributed by atoms with E-state index in [2.05, 4.69) is 0 Å². The van der Waals surface area contributed by atoms with Crippen molar-refractivity contribution in [1.82, 2.24) is 4.90 Å². The van der Waals surface area contributed by atoms with Crippen LogP contribution in [0, 0.1) is 0 Å². The van der Waals surface area contributed by atoms with E-state index in [1.165, 1.54) is 22.7 Å². The Kier molecular flexibility index (Phi) is 6.90. The van der Waals surface area contributed by atoms with E-state index in [9.17, 15) is 9.59 Å². The first-order chi connectivity index (χ1) is 9.50. The molecule has 0 aliphatic heterocycles. The van der Waals surface area contributed by atoms with E-state index >= 15 is 0 Å². The van der Waals surface area contributed by atoms with Gasteiger partial charge in [-0.3, -0.25) is 9.59 Å². The molecule has 2 aromatic rings. The molecule has 0 saturated heterocycles. The van der Waals surface area contributed by atoms with Crippen LogP contribution in [0.2, 0.25) is 0 Å². The molecule has 3 nitrogen and oxygen atoms in total. The summed E-state index contributed by atoms with van der Waals surface area (Å²) < 4.78 is 0. The van der Waals surface area contributed by atoms with Gasteiger partial charge in [0.1, 0.15) is 0 Å². The van der Waals surface area contributed by atoms with E-state index in [0.717, 1.165) is 9.75 Å². The minimum absolute atomic E-state index is 0.0682. The zero-order valence-corrected chi connectivity index (χ0v) is 13.3. The molecule has 2 rings (SSSR count). The van der Waals surface area contributed by atoms with Crippen molar-refractivity contribution in [2.45, 2.75) is 6.92 Å². The summed E-state index contributed by atoms with van der Waals surface area (Å²) in [5, 5.41) is 3.80. The molecule has 0 aromatic carbocycles. The number of rotatable bonds is 4. The van der Waals surface area contributed by atoms with Crippen LogP contribution < -0.4 is 0 Å². The van der Waals surface area contributed by atoms with Crippen molar-refractivity contribution in [1.29, 1.82) is 0 Å². The Morgan fingerprint density at radius 2 is 1.60 bits per heavy atom. The molecule has 20 heavy (non-hydrogen) atoms. The van der Waals surface area contributed by atoms with Gasteiger partial charge in [-0.1, -0.05) is 12.1 Å². The highest BCUT2D eigenvalue weighted by molar-refractivity contribution is 7.12. The van der Waals surface area contributed by atoms with Crippen LogP contribution in [0.15, 0.2) is 47.3 Å². The van der Waals surface area contributed by atoms with E-state index in [0.29, 0.717) is 0 Å². The van der Waals surface area contributed by atoms with Gasteiger partial charge in [0.25, 0.3) is 0 Å². The number of hydrogen-bond donors (Lipinski definition) is 0. The average Bonchev–Trinajstić information content (AvgIpc) is 3.08. The average molecular weight is 307 g/mol. The van der Waals surface area contributed by atoms with Crippen molar-refractivity contribution in [3.63, 3.8) is 0 Å². The Morgan fingerprint density at radius 3 is 1.95 bits per heavy atom. The Morgan fingerprint density at radius 1 is 1.05 bits per heavy atom. The molecule has 0 aliphatic carbocycles. The van der Waals surface area contributed by atoms with Crippen LogP contribution in [0.1, 0.15) is 26.3 Å². The SMILES string of the molecule is CC(=O)c1cccs1.CN(C)/C=C/C(=O)c1cccs1. The monoisotopic (exact) mass is 307 g/mol. The van der Waals surface area contributed by atoms with Crippen molar-refractivity contribution in [3.8, 4) is 0 Å². The lowest BCUT2D eigenvalue weighted by Crippen LogP contribution is -2.02. The van der Waals surface area contributed by atoms with E-state index in [1.54, 1.807) is 19.2 Å². The van der Waals surface area contributed by atoms with Gasteiger partial charge in [-0.05, 0) is 29.8 Å². The van der Waals surface area contributed by atoms with Crippen LogP contribution in [0.4, 0.5) is 0 Å². The van der Waals surface area contributed by atoms with E-state index in [-0.39, 0.29) is 11.6 Å². The van der Waals surface area contributed by atoms with Crippen LogP contribution in [0.3, 0.4) is 0 Å². The Balaban J connectivity index is 0.000000217. The first kappa shape index (κ1) is 16.3. The predicted octanol–water partition coefficient (Wildman–Crippen LogP) is 3.96. The number of Topliss-reactive ketones (excluding diaryl/α,β-unsaturated/α-hetero) is 1. The lowest BCUT2D eigenvalue weighted by Gasteiger charge is -2.01. The maximum absolute atomic E-state index is 11.3. The summed E-state index contributed by atoms with van der Waals surface area (Å²) in [7, 11) is 3.77. The number of carbonyl (C=O) groups excluding carboxylic acids is 2. The summed E-state index contributed by atoms with van der Waals surface area (Å²) in [6.45, 7) is 1.58. The Bertz CT molecular complexity index is 555. The van der Waals surface area contributed by atoms with Gasteiger partial charge in [0, 0.05) is 26.4 Å². The quantitative estimate of drug-likeness (QED) is 0.634. The fraction of sp³-hybridized carbons (Fsp3) is 0.200. The van der Waals surface area contributed by atoms with Crippen molar-refractivity contribution in [2.75, 3.05) is 14.1 Å². The fourth-order valence-corrected chi connectivity index (χ4v) is 2.47. The Hall–Kier alpha value is -1.72. The standard InChI is InChI=1S/C9H11NOS.C6H6OS/c1-10(2)6-5-8(11)9-4-3-7-12-9;1-5(7)6-3-2-4-8-6/h3-7H,1-2H3;2-4H,1H3/b6-5+;.